The molecule has 13 heteroatoms. The Morgan fingerprint density at radius 3 is 2.08 bits per heavy atom. The third kappa shape index (κ3) is 7.80. The second kappa shape index (κ2) is 16.0. The summed E-state index contributed by atoms with van der Waals surface area (Å²) in [6.07, 6.45) is -3.11. The predicted molar refractivity (Wildman–Crippen MR) is 198 cm³/mol. The number of alkyl halides is 3. The molecule has 0 aliphatic carbocycles. The molecule has 6 rings (SSSR count). The van der Waals surface area contributed by atoms with Gasteiger partial charge in [-0.25, -0.2) is 4.98 Å². The van der Waals surface area contributed by atoms with Crippen molar-refractivity contribution in [3.05, 3.63) is 94.6 Å². The van der Waals surface area contributed by atoms with Crippen LogP contribution < -0.4 is 33.8 Å². The number of halogens is 3. The van der Waals surface area contributed by atoms with Crippen molar-refractivity contribution >= 4 is 33.6 Å². The number of unbranched alkanes of at least 4 members (excludes halogenated alkanes) is 1. The highest BCUT2D eigenvalue weighted by molar-refractivity contribution is 7.99. The van der Waals surface area contributed by atoms with Crippen molar-refractivity contribution in [1.82, 2.24) is 4.98 Å². The standard InChI is InChI=1S/C40H36F3NO8S/c1-46-26-20-30(47-2)35-31(21-26)52-37(24-18-32(48-3)38(50-5)33(19-24)49-4)39(36(35)45)51-16-8-9-17-53-34-22-29(44-28-11-7-6-10-27(28)34)23-12-14-25(15-13-23)40(41,42)43/h6-7,10-15,18-22H,8-9,16-17H2,1-5H3. The van der Waals surface area contributed by atoms with Gasteiger partial charge in [-0.05, 0) is 55.0 Å². The lowest BCUT2D eigenvalue weighted by Crippen LogP contribution is -2.12. The minimum atomic E-state index is -4.42. The maximum absolute atomic E-state index is 14.1. The van der Waals surface area contributed by atoms with Gasteiger partial charge in [-0.2, -0.15) is 13.2 Å². The molecule has 0 aliphatic heterocycles. The average molecular weight is 748 g/mol. The summed E-state index contributed by atoms with van der Waals surface area (Å²) < 4.78 is 79.6. The molecule has 0 amide bonds. The Labute approximate surface area is 307 Å². The predicted octanol–water partition coefficient (Wildman–Crippen LogP) is 9.69. The molecule has 0 N–H and O–H groups in total. The minimum absolute atomic E-state index is 0.01000. The molecule has 0 bridgehead atoms. The summed E-state index contributed by atoms with van der Waals surface area (Å²) in [6, 6.07) is 21.1. The Bertz CT molecular complexity index is 2280. The summed E-state index contributed by atoms with van der Waals surface area (Å²) in [7, 11) is 7.44. The monoisotopic (exact) mass is 747 g/mol. The van der Waals surface area contributed by atoms with E-state index in [1.54, 1.807) is 36.0 Å². The number of pyridine rings is 1. The number of rotatable bonds is 14. The van der Waals surface area contributed by atoms with Crippen molar-refractivity contribution in [2.45, 2.75) is 23.9 Å². The lowest BCUT2D eigenvalue weighted by atomic mass is 10.1. The number of methoxy groups -OCH3 is 5. The Balaban J connectivity index is 1.25. The smallest absolute Gasteiger partial charge is 0.416 e. The number of nitrogens with zero attached hydrogens (tertiary/aromatic N) is 1. The molecule has 0 radical (unpaired) electrons. The third-order valence-corrected chi connectivity index (χ3v) is 9.64. The summed E-state index contributed by atoms with van der Waals surface area (Å²) in [6.45, 7) is 0.195. The first kappa shape index (κ1) is 37.2. The molecule has 276 valence electrons. The normalized spacial score (nSPS) is 11.5. The fourth-order valence-corrected chi connectivity index (χ4v) is 6.95. The Morgan fingerprint density at radius 2 is 1.43 bits per heavy atom. The van der Waals surface area contributed by atoms with Crippen molar-refractivity contribution in [2.24, 2.45) is 0 Å². The lowest BCUT2D eigenvalue weighted by molar-refractivity contribution is -0.137. The summed E-state index contributed by atoms with van der Waals surface area (Å²) in [5, 5.41) is 1.14. The van der Waals surface area contributed by atoms with Crippen LogP contribution in [0.2, 0.25) is 0 Å². The first-order chi connectivity index (χ1) is 25.6. The number of para-hydroxylation sites is 1. The van der Waals surface area contributed by atoms with Gasteiger partial charge in [0.2, 0.25) is 16.9 Å². The Morgan fingerprint density at radius 1 is 0.736 bits per heavy atom. The molecule has 4 aromatic carbocycles. The molecule has 9 nitrogen and oxygen atoms in total. The number of hydrogen-bond donors (Lipinski definition) is 0. The lowest BCUT2D eigenvalue weighted by Gasteiger charge is -2.17. The number of benzene rings is 4. The van der Waals surface area contributed by atoms with Gasteiger partial charge in [0, 0.05) is 33.5 Å². The first-order valence-corrected chi connectivity index (χ1v) is 17.4. The van der Waals surface area contributed by atoms with Crippen LogP contribution in [0, 0.1) is 0 Å². The van der Waals surface area contributed by atoms with Crippen LogP contribution in [0.5, 0.6) is 34.5 Å². The van der Waals surface area contributed by atoms with E-state index in [0.29, 0.717) is 52.0 Å². The van der Waals surface area contributed by atoms with Crippen LogP contribution in [0.4, 0.5) is 13.2 Å². The maximum atomic E-state index is 14.1. The quantitative estimate of drug-likeness (QED) is 0.0791. The fraction of sp³-hybridized carbons (Fsp3) is 0.250. The molecule has 0 unspecified atom stereocenters. The van der Waals surface area contributed by atoms with Crippen molar-refractivity contribution in [2.75, 3.05) is 47.9 Å². The van der Waals surface area contributed by atoms with Gasteiger partial charge in [-0.15, -0.1) is 11.8 Å². The first-order valence-electron chi connectivity index (χ1n) is 16.5. The summed E-state index contributed by atoms with van der Waals surface area (Å²) in [4.78, 5) is 19.8. The fourth-order valence-electron chi connectivity index (χ4n) is 5.86. The molecule has 53 heavy (non-hydrogen) atoms. The zero-order valence-electron chi connectivity index (χ0n) is 29.6. The molecule has 0 saturated heterocycles. The molecule has 2 aromatic heterocycles. The summed E-state index contributed by atoms with van der Waals surface area (Å²) in [5.74, 6) is 2.65. The molecular weight excluding hydrogens is 712 g/mol. The van der Waals surface area contributed by atoms with Crippen LogP contribution in [0.25, 0.3) is 44.5 Å². The molecule has 0 fully saturated rings. The molecule has 2 heterocycles. The van der Waals surface area contributed by atoms with Gasteiger partial charge in [0.15, 0.2) is 17.3 Å². The summed E-state index contributed by atoms with van der Waals surface area (Å²) >= 11 is 1.61. The number of hydrogen-bond acceptors (Lipinski definition) is 10. The Hall–Kier alpha value is -5.56. The van der Waals surface area contributed by atoms with Crippen molar-refractivity contribution in [3.8, 4) is 57.1 Å². The van der Waals surface area contributed by atoms with Gasteiger partial charge in [0.05, 0.1) is 58.9 Å². The average Bonchev–Trinajstić information content (AvgIpc) is 3.18. The second-order valence-corrected chi connectivity index (χ2v) is 12.8. The molecule has 0 aliphatic rings. The van der Waals surface area contributed by atoms with Crippen molar-refractivity contribution in [3.63, 3.8) is 0 Å². The van der Waals surface area contributed by atoms with E-state index in [0.717, 1.165) is 34.4 Å². The van der Waals surface area contributed by atoms with E-state index >= 15 is 0 Å². The molecule has 0 atom stereocenters. The zero-order chi connectivity index (χ0) is 37.7. The van der Waals surface area contributed by atoms with Crippen LogP contribution in [-0.4, -0.2) is 52.9 Å². The van der Waals surface area contributed by atoms with E-state index in [1.807, 2.05) is 30.3 Å². The number of fused-ring (bicyclic) bond motifs is 2. The highest BCUT2D eigenvalue weighted by Gasteiger charge is 2.30. The number of ether oxygens (including phenoxy) is 6. The maximum Gasteiger partial charge on any atom is 0.416 e. The van der Waals surface area contributed by atoms with Crippen molar-refractivity contribution < 1.29 is 46.0 Å². The number of thioether (sulfide) groups is 1. The molecular formula is C40H36F3NO8S. The second-order valence-electron chi connectivity index (χ2n) is 11.7. The van der Waals surface area contributed by atoms with E-state index in [-0.39, 0.29) is 34.8 Å². The van der Waals surface area contributed by atoms with Gasteiger partial charge in [0.25, 0.3) is 0 Å². The Kier molecular flexibility index (Phi) is 11.2. The van der Waals surface area contributed by atoms with Crippen LogP contribution in [0.3, 0.4) is 0 Å². The third-order valence-electron chi connectivity index (χ3n) is 8.50. The van der Waals surface area contributed by atoms with E-state index < -0.39 is 17.2 Å². The van der Waals surface area contributed by atoms with Gasteiger partial charge in [-0.3, -0.25) is 4.79 Å². The highest BCUT2D eigenvalue weighted by atomic mass is 32.2. The van der Waals surface area contributed by atoms with Gasteiger partial charge in [-0.1, -0.05) is 30.3 Å². The molecule has 0 saturated carbocycles. The van der Waals surface area contributed by atoms with Crippen LogP contribution in [-0.2, 0) is 6.18 Å². The van der Waals surface area contributed by atoms with Gasteiger partial charge in [0.1, 0.15) is 22.5 Å². The van der Waals surface area contributed by atoms with E-state index in [9.17, 15) is 18.0 Å². The summed E-state index contributed by atoms with van der Waals surface area (Å²) in [5.41, 5.74) is 1.47. The largest absolute Gasteiger partial charge is 0.496 e. The topological polar surface area (TPSA) is 98.5 Å². The van der Waals surface area contributed by atoms with E-state index in [4.69, 9.17) is 37.8 Å². The molecule has 0 spiro atoms. The zero-order valence-corrected chi connectivity index (χ0v) is 30.4. The van der Waals surface area contributed by atoms with E-state index in [1.165, 1.54) is 47.7 Å². The minimum Gasteiger partial charge on any atom is -0.496 e. The highest BCUT2D eigenvalue weighted by Crippen LogP contribution is 2.44. The number of aromatic nitrogens is 1. The van der Waals surface area contributed by atoms with Crippen LogP contribution in [0.15, 0.2) is 93.0 Å². The van der Waals surface area contributed by atoms with Crippen LogP contribution >= 0.6 is 11.8 Å². The van der Waals surface area contributed by atoms with Crippen LogP contribution in [0.1, 0.15) is 18.4 Å². The SMILES string of the molecule is COc1cc(OC)c2c(=O)c(OCCCCSc3cc(-c4ccc(C(F)(F)F)cc4)nc4ccccc34)c(-c3cc(OC)c(OC)c(OC)c3)oc2c1. The van der Waals surface area contributed by atoms with Gasteiger partial charge < -0.3 is 32.8 Å². The van der Waals surface area contributed by atoms with Gasteiger partial charge >= 0.3 is 6.18 Å². The van der Waals surface area contributed by atoms with Crippen molar-refractivity contribution in [1.29, 1.82) is 0 Å². The molecule has 6 aromatic rings. The van der Waals surface area contributed by atoms with E-state index in [2.05, 4.69) is 0 Å².